The Morgan fingerprint density at radius 2 is 1.39 bits per heavy atom. The van der Waals surface area contributed by atoms with E-state index in [9.17, 15) is 16.8 Å². The summed E-state index contributed by atoms with van der Waals surface area (Å²) in [5.41, 5.74) is 0.279. The largest absolute Gasteiger partial charge is 0.443 e. The average Bonchev–Trinajstić information content (AvgIpc) is 3.15. The molecular weight excluding hydrogens is 483 g/mol. The Labute approximate surface area is 188 Å². The molecule has 0 saturated heterocycles. The number of anilines is 2. The third-order valence-corrected chi connectivity index (χ3v) is 7.58. The highest BCUT2D eigenvalue weighted by Crippen LogP contribution is 2.32. The summed E-state index contributed by atoms with van der Waals surface area (Å²) in [7, 11) is -8.28. The Bertz CT molecular complexity index is 1470. The molecule has 31 heavy (non-hydrogen) atoms. The first-order valence-electron chi connectivity index (χ1n) is 8.74. The van der Waals surface area contributed by atoms with E-state index in [4.69, 9.17) is 27.6 Å². The van der Waals surface area contributed by atoms with Crippen LogP contribution >= 0.6 is 23.2 Å². The molecule has 0 atom stereocenters. The minimum atomic E-state index is -4.18. The second kappa shape index (κ2) is 8.08. The Hall–Kier alpha value is -2.72. The SMILES string of the molecule is O=S(=O)(Nc1cc(Cl)ccc1NS(=O)(=O)c1ccccc1Cl)c1cc2ccccc2o1. The molecular formula is C20H14Cl2N2O5S2. The van der Waals surface area contributed by atoms with Crippen molar-refractivity contribution in [2.75, 3.05) is 9.44 Å². The quantitative estimate of drug-likeness (QED) is 0.374. The average molecular weight is 497 g/mol. The molecule has 0 spiro atoms. The monoisotopic (exact) mass is 496 g/mol. The maximum atomic E-state index is 12.9. The van der Waals surface area contributed by atoms with Crippen molar-refractivity contribution in [1.29, 1.82) is 0 Å². The van der Waals surface area contributed by atoms with Gasteiger partial charge in [-0.25, -0.2) is 8.42 Å². The molecule has 1 heterocycles. The van der Waals surface area contributed by atoms with Crippen molar-refractivity contribution in [1.82, 2.24) is 0 Å². The highest BCUT2D eigenvalue weighted by Gasteiger charge is 2.24. The lowest BCUT2D eigenvalue weighted by Gasteiger charge is -2.15. The third-order valence-electron chi connectivity index (χ3n) is 4.26. The summed E-state index contributed by atoms with van der Waals surface area (Å²) in [5.74, 6) is 0. The fourth-order valence-electron chi connectivity index (χ4n) is 2.84. The Morgan fingerprint density at radius 1 is 0.710 bits per heavy atom. The van der Waals surface area contributed by atoms with Crippen LogP contribution in [-0.2, 0) is 20.0 Å². The molecule has 0 unspecified atom stereocenters. The second-order valence-electron chi connectivity index (χ2n) is 6.43. The molecule has 2 N–H and O–H groups in total. The van der Waals surface area contributed by atoms with E-state index in [2.05, 4.69) is 9.44 Å². The molecule has 0 fully saturated rings. The molecule has 0 aliphatic carbocycles. The molecule has 0 aliphatic heterocycles. The first kappa shape index (κ1) is 21.5. The zero-order chi connectivity index (χ0) is 22.2. The van der Waals surface area contributed by atoms with Gasteiger partial charge in [0.25, 0.3) is 20.0 Å². The molecule has 0 bridgehead atoms. The summed E-state index contributed by atoms with van der Waals surface area (Å²) in [6, 6.07) is 18.1. The fraction of sp³-hybridized carbons (Fsp3) is 0. The first-order chi connectivity index (χ1) is 14.7. The van der Waals surface area contributed by atoms with Gasteiger partial charge in [0, 0.05) is 16.5 Å². The van der Waals surface area contributed by atoms with E-state index in [-0.39, 0.29) is 31.4 Å². The summed E-state index contributed by atoms with van der Waals surface area (Å²) >= 11 is 12.0. The van der Waals surface area contributed by atoms with E-state index in [0.717, 1.165) is 0 Å². The zero-order valence-corrected chi connectivity index (χ0v) is 18.7. The minimum Gasteiger partial charge on any atom is -0.443 e. The van der Waals surface area contributed by atoms with Crippen molar-refractivity contribution in [3.8, 4) is 0 Å². The molecule has 0 amide bonds. The van der Waals surface area contributed by atoms with Gasteiger partial charge in [0.1, 0.15) is 10.5 Å². The molecule has 1 aromatic heterocycles. The summed E-state index contributed by atoms with van der Waals surface area (Å²) in [5, 5.41) is 0.499. The molecule has 11 heteroatoms. The van der Waals surface area contributed by atoms with Gasteiger partial charge in [0.15, 0.2) is 0 Å². The van der Waals surface area contributed by atoms with Gasteiger partial charge in [-0.1, -0.05) is 53.5 Å². The van der Waals surface area contributed by atoms with Crippen LogP contribution in [0.15, 0.2) is 87.2 Å². The van der Waals surface area contributed by atoms with Gasteiger partial charge < -0.3 is 4.42 Å². The lowest BCUT2D eigenvalue weighted by atomic mass is 10.3. The molecule has 160 valence electrons. The van der Waals surface area contributed by atoms with E-state index in [1.165, 1.54) is 42.5 Å². The number of para-hydroxylation sites is 1. The van der Waals surface area contributed by atoms with Gasteiger partial charge in [0.05, 0.1) is 16.4 Å². The molecule has 3 aromatic carbocycles. The van der Waals surface area contributed by atoms with E-state index in [0.29, 0.717) is 11.0 Å². The Morgan fingerprint density at radius 3 is 2.13 bits per heavy atom. The molecule has 4 rings (SSSR count). The minimum absolute atomic E-state index is 0.0216. The van der Waals surface area contributed by atoms with Gasteiger partial charge in [-0.2, -0.15) is 8.42 Å². The number of halogens is 2. The van der Waals surface area contributed by atoms with Gasteiger partial charge >= 0.3 is 0 Å². The van der Waals surface area contributed by atoms with Crippen molar-refractivity contribution >= 4 is 65.6 Å². The predicted molar refractivity (Wildman–Crippen MR) is 121 cm³/mol. The van der Waals surface area contributed by atoms with Crippen molar-refractivity contribution in [2.24, 2.45) is 0 Å². The molecule has 0 aliphatic rings. The number of nitrogens with one attached hydrogen (secondary N) is 2. The molecule has 0 radical (unpaired) electrons. The van der Waals surface area contributed by atoms with Crippen LogP contribution in [0.1, 0.15) is 0 Å². The molecule has 4 aromatic rings. The van der Waals surface area contributed by atoms with Gasteiger partial charge in [-0.15, -0.1) is 0 Å². The fourth-order valence-corrected chi connectivity index (χ4v) is 5.65. The van der Waals surface area contributed by atoms with Crippen LogP contribution in [-0.4, -0.2) is 16.8 Å². The smallest absolute Gasteiger partial charge is 0.295 e. The number of fused-ring (bicyclic) bond motifs is 1. The number of furan rings is 1. The van der Waals surface area contributed by atoms with E-state index in [1.807, 2.05) is 0 Å². The van der Waals surface area contributed by atoms with Gasteiger partial charge in [0.2, 0.25) is 5.09 Å². The van der Waals surface area contributed by atoms with E-state index >= 15 is 0 Å². The van der Waals surface area contributed by atoms with E-state index in [1.54, 1.807) is 30.3 Å². The Kier molecular flexibility index (Phi) is 5.61. The van der Waals surface area contributed by atoms with Crippen LogP contribution in [0.3, 0.4) is 0 Å². The molecule has 7 nitrogen and oxygen atoms in total. The summed E-state index contributed by atoms with van der Waals surface area (Å²) < 4.78 is 61.4. The number of hydrogen-bond donors (Lipinski definition) is 2. The number of rotatable bonds is 6. The van der Waals surface area contributed by atoms with Crippen LogP contribution in [0.4, 0.5) is 11.4 Å². The summed E-state index contributed by atoms with van der Waals surface area (Å²) in [6.45, 7) is 0. The predicted octanol–water partition coefficient (Wildman–Crippen LogP) is 5.34. The Balaban J connectivity index is 1.71. The second-order valence-corrected chi connectivity index (χ2v) is 10.5. The van der Waals surface area contributed by atoms with Crippen LogP contribution in [0.2, 0.25) is 10.0 Å². The zero-order valence-electron chi connectivity index (χ0n) is 15.5. The first-order valence-corrected chi connectivity index (χ1v) is 12.5. The number of sulfonamides is 2. The van der Waals surface area contributed by atoms with Crippen LogP contribution < -0.4 is 9.44 Å². The van der Waals surface area contributed by atoms with Crippen molar-refractivity contribution in [3.05, 3.63) is 82.8 Å². The van der Waals surface area contributed by atoms with Crippen LogP contribution in [0.25, 0.3) is 11.0 Å². The topological polar surface area (TPSA) is 105 Å². The van der Waals surface area contributed by atoms with Crippen LogP contribution in [0.5, 0.6) is 0 Å². The lowest BCUT2D eigenvalue weighted by Crippen LogP contribution is -2.17. The maximum Gasteiger partial charge on any atom is 0.295 e. The highest BCUT2D eigenvalue weighted by atomic mass is 35.5. The standard InChI is InChI=1S/C20H14Cl2N2O5S2/c21-14-9-10-16(23-30(25,26)19-8-4-2-6-15(19)22)17(12-14)24-31(27,28)20-11-13-5-1-3-7-18(13)29-20/h1-12,23-24H. The highest BCUT2D eigenvalue weighted by molar-refractivity contribution is 7.93. The summed E-state index contributed by atoms with van der Waals surface area (Å²) in [6.07, 6.45) is 0. The normalized spacial score (nSPS) is 12.1. The molecule has 0 saturated carbocycles. The van der Waals surface area contributed by atoms with Crippen molar-refractivity contribution < 1.29 is 21.3 Å². The summed E-state index contributed by atoms with van der Waals surface area (Å²) in [4.78, 5) is -0.155. The maximum absolute atomic E-state index is 12.9. The lowest BCUT2D eigenvalue weighted by molar-refractivity contribution is 0.484. The third kappa shape index (κ3) is 4.49. The van der Waals surface area contributed by atoms with Gasteiger partial charge in [-0.3, -0.25) is 9.44 Å². The number of benzene rings is 3. The van der Waals surface area contributed by atoms with Gasteiger partial charge in [-0.05, 0) is 36.4 Å². The van der Waals surface area contributed by atoms with Crippen molar-refractivity contribution in [3.63, 3.8) is 0 Å². The number of hydrogen-bond acceptors (Lipinski definition) is 5. The van der Waals surface area contributed by atoms with Crippen molar-refractivity contribution in [2.45, 2.75) is 9.99 Å². The van der Waals surface area contributed by atoms with Crippen LogP contribution in [0, 0.1) is 0 Å². The van der Waals surface area contributed by atoms with E-state index < -0.39 is 20.0 Å².